The molecule has 2 N–H and O–H groups in total. The van der Waals surface area contributed by atoms with Gasteiger partial charge < -0.3 is 20.1 Å². The summed E-state index contributed by atoms with van der Waals surface area (Å²) in [6, 6.07) is 0.976. The highest BCUT2D eigenvalue weighted by atomic mass is 32.1. The molecule has 0 saturated carbocycles. The molecule has 0 aliphatic carbocycles. The molecule has 1 saturated heterocycles. The van der Waals surface area contributed by atoms with Crippen molar-refractivity contribution in [2.45, 2.75) is 6.04 Å². The number of amides is 1. The van der Waals surface area contributed by atoms with Crippen LogP contribution in [-0.2, 0) is 14.3 Å². The summed E-state index contributed by atoms with van der Waals surface area (Å²) in [7, 11) is 1.29. The first-order valence-corrected chi connectivity index (χ1v) is 6.32. The number of methoxy groups -OCH3 is 1. The molecule has 0 radical (unpaired) electrons. The van der Waals surface area contributed by atoms with Crippen LogP contribution in [0.5, 0.6) is 0 Å². The zero-order valence-corrected chi connectivity index (χ0v) is 10.7. The third-order valence-corrected chi connectivity index (χ3v) is 3.67. The molecule has 1 unspecified atom stereocenters. The molecule has 1 aliphatic rings. The molecular weight excluding hydrogens is 256 g/mol. The topological polar surface area (TPSA) is 81.9 Å². The molecule has 0 spiro atoms. The first-order valence-electron chi connectivity index (χ1n) is 5.44. The first kappa shape index (κ1) is 12.8. The Morgan fingerprint density at radius 2 is 2.39 bits per heavy atom. The van der Waals surface area contributed by atoms with Gasteiger partial charge in [0.1, 0.15) is 4.88 Å². The molecule has 18 heavy (non-hydrogen) atoms. The number of esters is 1. The van der Waals surface area contributed by atoms with Crippen molar-refractivity contribution in [2.24, 2.45) is 0 Å². The summed E-state index contributed by atoms with van der Waals surface area (Å²) >= 11 is 1.26. The number of carbonyl (C=O) groups is 2. The summed E-state index contributed by atoms with van der Waals surface area (Å²) in [4.78, 5) is 25.8. The Labute approximate surface area is 108 Å². The number of anilines is 1. The van der Waals surface area contributed by atoms with Gasteiger partial charge in [-0.15, -0.1) is 11.3 Å². The summed E-state index contributed by atoms with van der Waals surface area (Å²) in [5.41, 5.74) is 6.15. The van der Waals surface area contributed by atoms with Crippen molar-refractivity contribution in [1.29, 1.82) is 0 Å². The maximum absolute atomic E-state index is 12.3. The van der Waals surface area contributed by atoms with Gasteiger partial charge in [0.15, 0.2) is 6.04 Å². The summed E-state index contributed by atoms with van der Waals surface area (Å²) in [6.07, 6.45) is 0. The van der Waals surface area contributed by atoms with E-state index in [1.54, 1.807) is 11.4 Å². The quantitative estimate of drug-likeness (QED) is 0.784. The Hall–Kier alpha value is -1.60. The van der Waals surface area contributed by atoms with Gasteiger partial charge in [0.2, 0.25) is 0 Å². The van der Waals surface area contributed by atoms with E-state index in [4.69, 9.17) is 10.5 Å². The van der Waals surface area contributed by atoms with E-state index in [1.165, 1.54) is 23.3 Å². The van der Waals surface area contributed by atoms with Gasteiger partial charge in [0, 0.05) is 6.54 Å². The number of carbonyl (C=O) groups excluding carboxylic acids is 2. The van der Waals surface area contributed by atoms with Gasteiger partial charge >= 0.3 is 5.97 Å². The number of nitrogens with zero attached hydrogens (tertiary/aromatic N) is 1. The fourth-order valence-corrected chi connectivity index (χ4v) is 2.57. The van der Waals surface area contributed by atoms with E-state index in [0.717, 1.165) is 0 Å². The lowest BCUT2D eigenvalue weighted by atomic mass is 10.2. The zero-order chi connectivity index (χ0) is 13.1. The average molecular weight is 270 g/mol. The number of rotatable bonds is 2. The lowest BCUT2D eigenvalue weighted by Gasteiger charge is -2.33. The standard InChI is InChI=1S/C11H14N2O4S/c1-16-11(15)8-6-17-4-3-13(8)10(14)9-7(12)2-5-18-9/h2,5,8H,3-4,6,12H2,1H3. The van der Waals surface area contributed by atoms with Crippen LogP contribution in [0.3, 0.4) is 0 Å². The van der Waals surface area contributed by atoms with E-state index < -0.39 is 12.0 Å². The van der Waals surface area contributed by atoms with Crippen molar-refractivity contribution in [2.75, 3.05) is 32.6 Å². The first-order chi connectivity index (χ1) is 8.65. The van der Waals surface area contributed by atoms with Crippen molar-refractivity contribution in [3.8, 4) is 0 Å². The predicted octanol–water partition coefficient (Wildman–Crippen LogP) is 0.344. The molecule has 7 heteroatoms. The number of hydrogen-bond donors (Lipinski definition) is 1. The van der Waals surface area contributed by atoms with E-state index in [-0.39, 0.29) is 12.5 Å². The second kappa shape index (κ2) is 5.36. The number of morpholine rings is 1. The molecule has 1 aliphatic heterocycles. The normalized spacial score (nSPS) is 19.6. The number of hydrogen-bond acceptors (Lipinski definition) is 6. The largest absolute Gasteiger partial charge is 0.467 e. The summed E-state index contributed by atoms with van der Waals surface area (Å²) in [6.45, 7) is 0.921. The molecule has 2 rings (SSSR count). The van der Waals surface area contributed by atoms with Gasteiger partial charge in [-0.1, -0.05) is 0 Å². The van der Waals surface area contributed by atoms with E-state index >= 15 is 0 Å². The average Bonchev–Trinajstić information content (AvgIpc) is 2.83. The Balaban J connectivity index is 2.21. The lowest BCUT2D eigenvalue weighted by Crippen LogP contribution is -2.52. The molecule has 1 atom stereocenters. The summed E-state index contributed by atoms with van der Waals surface area (Å²) < 4.78 is 9.89. The fraction of sp³-hybridized carbons (Fsp3) is 0.455. The van der Waals surface area contributed by atoms with Gasteiger partial charge in [-0.3, -0.25) is 4.79 Å². The van der Waals surface area contributed by atoms with Crippen molar-refractivity contribution < 1.29 is 19.1 Å². The van der Waals surface area contributed by atoms with Crippen LogP contribution >= 0.6 is 11.3 Å². The maximum atomic E-state index is 12.3. The molecule has 1 amide bonds. The van der Waals surface area contributed by atoms with Crippen molar-refractivity contribution >= 4 is 28.9 Å². The monoisotopic (exact) mass is 270 g/mol. The highest BCUT2D eigenvalue weighted by molar-refractivity contribution is 7.12. The van der Waals surface area contributed by atoms with E-state index in [2.05, 4.69) is 4.74 Å². The van der Waals surface area contributed by atoms with Crippen LogP contribution in [0.25, 0.3) is 0 Å². The molecule has 0 aromatic carbocycles. The summed E-state index contributed by atoms with van der Waals surface area (Å²) in [5.74, 6) is -0.723. The van der Waals surface area contributed by atoms with Gasteiger partial charge in [0.25, 0.3) is 5.91 Å². The second-order valence-corrected chi connectivity index (χ2v) is 4.73. The van der Waals surface area contributed by atoms with Crippen molar-refractivity contribution in [3.63, 3.8) is 0 Å². The van der Waals surface area contributed by atoms with Crippen LogP contribution in [0, 0.1) is 0 Å². The Morgan fingerprint density at radius 1 is 1.61 bits per heavy atom. The Kier molecular flexibility index (Phi) is 3.83. The van der Waals surface area contributed by atoms with Gasteiger partial charge in [-0.25, -0.2) is 4.79 Å². The number of ether oxygens (including phenoxy) is 2. The van der Waals surface area contributed by atoms with Crippen LogP contribution in [0.2, 0.25) is 0 Å². The van der Waals surface area contributed by atoms with Crippen molar-refractivity contribution in [1.82, 2.24) is 4.90 Å². The van der Waals surface area contributed by atoms with E-state index in [1.807, 2.05) is 0 Å². The molecule has 6 nitrogen and oxygen atoms in total. The SMILES string of the molecule is COC(=O)C1COCCN1C(=O)c1sccc1N. The molecule has 1 aromatic rings. The third kappa shape index (κ3) is 2.32. The number of nitrogen functional groups attached to an aromatic ring is 1. The minimum Gasteiger partial charge on any atom is -0.467 e. The third-order valence-electron chi connectivity index (χ3n) is 2.75. The Bertz CT molecular complexity index is 460. The molecule has 2 heterocycles. The molecule has 1 aromatic heterocycles. The predicted molar refractivity (Wildman–Crippen MR) is 66.4 cm³/mol. The van der Waals surface area contributed by atoms with Crippen LogP contribution in [0.1, 0.15) is 9.67 Å². The minimum absolute atomic E-state index is 0.156. The fourth-order valence-electron chi connectivity index (χ4n) is 1.80. The second-order valence-electron chi connectivity index (χ2n) is 3.82. The smallest absolute Gasteiger partial charge is 0.331 e. The van der Waals surface area contributed by atoms with Crippen LogP contribution in [-0.4, -0.2) is 49.7 Å². The van der Waals surface area contributed by atoms with Gasteiger partial charge in [-0.05, 0) is 11.4 Å². The van der Waals surface area contributed by atoms with Crippen LogP contribution in [0.4, 0.5) is 5.69 Å². The number of thiophene rings is 1. The molecule has 1 fully saturated rings. The van der Waals surface area contributed by atoms with Gasteiger partial charge in [0.05, 0.1) is 26.0 Å². The Morgan fingerprint density at radius 3 is 3.00 bits per heavy atom. The maximum Gasteiger partial charge on any atom is 0.331 e. The minimum atomic E-state index is -0.697. The van der Waals surface area contributed by atoms with E-state index in [9.17, 15) is 9.59 Å². The molecular formula is C11H14N2O4S. The molecule has 98 valence electrons. The highest BCUT2D eigenvalue weighted by Gasteiger charge is 2.35. The van der Waals surface area contributed by atoms with Crippen LogP contribution < -0.4 is 5.73 Å². The summed E-state index contributed by atoms with van der Waals surface area (Å²) in [5, 5.41) is 1.75. The van der Waals surface area contributed by atoms with E-state index in [0.29, 0.717) is 23.7 Å². The van der Waals surface area contributed by atoms with Gasteiger partial charge in [-0.2, -0.15) is 0 Å². The highest BCUT2D eigenvalue weighted by Crippen LogP contribution is 2.23. The molecule has 0 bridgehead atoms. The number of nitrogens with two attached hydrogens (primary N) is 1. The van der Waals surface area contributed by atoms with Crippen molar-refractivity contribution in [3.05, 3.63) is 16.3 Å². The van der Waals surface area contributed by atoms with Crippen LogP contribution in [0.15, 0.2) is 11.4 Å². The lowest BCUT2D eigenvalue weighted by molar-refractivity contribution is -0.151. The zero-order valence-electron chi connectivity index (χ0n) is 9.92.